The highest BCUT2D eigenvalue weighted by Gasteiger charge is 2.39. The van der Waals surface area contributed by atoms with Crippen LogP contribution in [0.3, 0.4) is 0 Å². The van der Waals surface area contributed by atoms with Gasteiger partial charge in [0.15, 0.2) is 0 Å². The third-order valence-electron chi connectivity index (χ3n) is 2.82. The van der Waals surface area contributed by atoms with Crippen molar-refractivity contribution in [2.75, 3.05) is 0 Å². The minimum absolute atomic E-state index is 0.0900. The molecule has 0 aromatic heterocycles. The normalized spacial score (nSPS) is 17.9. The third kappa shape index (κ3) is 2.18. The number of hydrogen-bond donors (Lipinski definition) is 0. The van der Waals surface area contributed by atoms with Crippen LogP contribution in [0.2, 0.25) is 0 Å². The van der Waals surface area contributed by atoms with E-state index in [1.807, 2.05) is 42.5 Å². The van der Waals surface area contributed by atoms with Crippen molar-refractivity contribution in [2.45, 2.75) is 19.4 Å². The van der Waals surface area contributed by atoms with E-state index in [4.69, 9.17) is 10.00 Å². The van der Waals surface area contributed by atoms with Gasteiger partial charge in [0, 0.05) is 5.57 Å². The van der Waals surface area contributed by atoms with E-state index in [-0.39, 0.29) is 5.57 Å². The second-order valence-electron chi connectivity index (χ2n) is 4.54. The van der Waals surface area contributed by atoms with Gasteiger partial charge in [0.1, 0.15) is 17.2 Å². The summed E-state index contributed by atoms with van der Waals surface area (Å²) in [5, 5.41) is 8.99. The molecule has 0 N–H and O–H groups in total. The average molecular weight is 239 g/mol. The SMILES string of the molecule is CC1(C)OC(=O)C(C#N)=C1/C=C/c1ccccc1. The number of carbonyl (C=O) groups is 1. The van der Waals surface area contributed by atoms with E-state index in [1.54, 1.807) is 19.9 Å². The molecule has 1 aliphatic rings. The molecule has 1 aromatic rings. The van der Waals surface area contributed by atoms with Crippen molar-refractivity contribution in [1.82, 2.24) is 0 Å². The number of carbonyl (C=O) groups excluding carboxylic acids is 1. The van der Waals surface area contributed by atoms with Crippen LogP contribution in [0, 0.1) is 11.3 Å². The monoisotopic (exact) mass is 239 g/mol. The predicted octanol–water partition coefficient (Wildman–Crippen LogP) is 2.86. The molecule has 18 heavy (non-hydrogen) atoms. The number of benzene rings is 1. The molecule has 0 aliphatic carbocycles. The van der Waals surface area contributed by atoms with Gasteiger partial charge in [0.05, 0.1) is 0 Å². The fraction of sp³-hybridized carbons (Fsp3) is 0.200. The lowest BCUT2D eigenvalue weighted by Gasteiger charge is -2.18. The van der Waals surface area contributed by atoms with Crippen LogP contribution in [0.25, 0.3) is 6.08 Å². The van der Waals surface area contributed by atoms with Gasteiger partial charge in [-0.05, 0) is 19.4 Å². The fourth-order valence-electron chi connectivity index (χ4n) is 1.88. The highest BCUT2D eigenvalue weighted by Crippen LogP contribution is 2.33. The number of nitrogens with zero attached hydrogens (tertiary/aromatic N) is 1. The Hall–Kier alpha value is -2.34. The second-order valence-corrected chi connectivity index (χ2v) is 4.54. The van der Waals surface area contributed by atoms with Gasteiger partial charge < -0.3 is 4.74 Å². The zero-order valence-corrected chi connectivity index (χ0v) is 10.3. The lowest BCUT2D eigenvalue weighted by molar-refractivity contribution is -0.144. The summed E-state index contributed by atoms with van der Waals surface area (Å²) in [6.45, 7) is 3.56. The van der Waals surface area contributed by atoms with E-state index in [9.17, 15) is 4.79 Å². The van der Waals surface area contributed by atoms with Crippen LogP contribution >= 0.6 is 0 Å². The molecule has 1 aromatic carbocycles. The molecule has 3 nitrogen and oxygen atoms in total. The Labute approximate surface area is 106 Å². The van der Waals surface area contributed by atoms with E-state index in [2.05, 4.69) is 0 Å². The third-order valence-corrected chi connectivity index (χ3v) is 2.82. The van der Waals surface area contributed by atoms with Crippen molar-refractivity contribution in [2.24, 2.45) is 0 Å². The van der Waals surface area contributed by atoms with Gasteiger partial charge >= 0.3 is 5.97 Å². The average Bonchev–Trinajstić information content (AvgIpc) is 2.56. The number of hydrogen-bond acceptors (Lipinski definition) is 3. The molecule has 0 spiro atoms. The first-order valence-corrected chi connectivity index (χ1v) is 5.66. The highest BCUT2D eigenvalue weighted by molar-refractivity contribution is 5.98. The van der Waals surface area contributed by atoms with Crippen molar-refractivity contribution < 1.29 is 9.53 Å². The van der Waals surface area contributed by atoms with E-state index < -0.39 is 11.6 Å². The van der Waals surface area contributed by atoms with Crippen molar-refractivity contribution in [3.05, 3.63) is 53.1 Å². The molecule has 3 heteroatoms. The van der Waals surface area contributed by atoms with Gasteiger partial charge in [-0.2, -0.15) is 5.26 Å². The molecule has 0 saturated heterocycles. The Kier molecular flexibility index (Phi) is 3.03. The maximum atomic E-state index is 11.5. The zero-order chi connectivity index (χ0) is 13.2. The summed E-state index contributed by atoms with van der Waals surface area (Å²) in [5.41, 5.74) is 0.983. The molecule has 0 unspecified atom stereocenters. The molecule has 0 bridgehead atoms. The molecule has 1 heterocycles. The molecule has 2 rings (SSSR count). The quantitative estimate of drug-likeness (QED) is 0.745. The lowest BCUT2D eigenvalue weighted by Crippen LogP contribution is -2.22. The summed E-state index contributed by atoms with van der Waals surface area (Å²) in [5.74, 6) is -0.546. The van der Waals surface area contributed by atoms with Crippen LogP contribution in [0.5, 0.6) is 0 Å². The first kappa shape index (κ1) is 12.1. The van der Waals surface area contributed by atoms with Crippen LogP contribution in [0.1, 0.15) is 19.4 Å². The molecular formula is C15H13NO2. The molecule has 90 valence electrons. The van der Waals surface area contributed by atoms with Crippen molar-refractivity contribution in [1.29, 1.82) is 5.26 Å². The number of nitriles is 1. The molecule has 0 saturated carbocycles. The Morgan fingerprint density at radius 1 is 1.22 bits per heavy atom. The van der Waals surface area contributed by atoms with E-state index in [0.717, 1.165) is 5.56 Å². The molecular weight excluding hydrogens is 226 g/mol. The highest BCUT2D eigenvalue weighted by atomic mass is 16.6. The van der Waals surface area contributed by atoms with Gasteiger partial charge in [0.2, 0.25) is 0 Å². The number of ether oxygens (including phenoxy) is 1. The summed E-state index contributed by atoms with van der Waals surface area (Å²) in [6, 6.07) is 11.6. The molecule has 0 radical (unpaired) electrons. The van der Waals surface area contributed by atoms with Crippen LogP contribution in [0.15, 0.2) is 47.6 Å². The van der Waals surface area contributed by atoms with Crippen molar-refractivity contribution in [3.8, 4) is 6.07 Å². The molecule has 0 fully saturated rings. The first-order valence-electron chi connectivity index (χ1n) is 5.66. The van der Waals surface area contributed by atoms with E-state index >= 15 is 0 Å². The summed E-state index contributed by atoms with van der Waals surface area (Å²) in [7, 11) is 0. The largest absolute Gasteiger partial charge is 0.451 e. The zero-order valence-electron chi connectivity index (χ0n) is 10.3. The van der Waals surface area contributed by atoms with Gasteiger partial charge in [0.25, 0.3) is 0 Å². The summed E-state index contributed by atoms with van der Waals surface area (Å²) >= 11 is 0. The molecule has 0 atom stereocenters. The molecule has 0 amide bonds. The van der Waals surface area contributed by atoms with Gasteiger partial charge in [-0.15, -0.1) is 0 Å². The Morgan fingerprint density at radius 3 is 2.50 bits per heavy atom. The first-order chi connectivity index (χ1) is 8.54. The van der Waals surface area contributed by atoms with E-state index in [1.165, 1.54) is 0 Å². The second kappa shape index (κ2) is 4.50. The van der Waals surface area contributed by atoms with Crippen molar-refractivity contribution >= 4 is 12.0 Å². The topological polar surface area (TPSA) is 50.1 Å². The number of cyclic esters (lactones) is 1. The standard InChI is InChI=1S/C15H13NO2/c1-15(2)13(12(10-16)14(17)18-15)9-8-11-6-4-3-5-7-11/h3-9H,1-2H3/b9-8+. The van der Waals surface area contributed by atoms with Crippen LogP contribution in [-0.4, -0.2) is 11.6 Å². The van der Waals surface area contributed by atoms with Gasteiger partial charge in [-0.1, -0.05) is 42.5 Å². The van der Waals surface area contributed by atoms with Crippen LogP contribution < -0.4 is 0 Å². The Balaban J connectivity index is 2.38. The maximum Gasteiger partial charge on any atom is 0.350 e. The van der Waals surface area contributed by atoms with Crippen molar-refractivity contribution in [3.63, 3.8) is 0 Å². The number of rotatable bonds is 2. The van der Waals surface area contributed by atoms with Gasteiger partial charge in [-0.25, -0.2) is 4.79 Å². The fourth-order valence-corrected chi connectivity index (χ4v) is 1.88. The molecule has 1 aliphatic heterocycles. The lowest BCUT2D eigenvalue weighted by atomic mass is 9.95. The van der Waals surface area contributed by atoms with Crippen LogP contribution in [0.4, 0.5) is 0 Å². The maximum absolute atomic E-state index is 11.5. The smallest absolute Gasteiger partial charge is 0.350 e. The Bertz CT molecular complexity index is 574. The predicted molar refractivity (Wildman–Crippen MR) is 68.3 cm³/mol. The Morgan fingerprint density at radius 2 is 1.89 bits per heavy atom. The minimum atomic E-state index is -0.743. The summed E-state index contributed by atoms with van der Waals surface area (Å²) in [6.07, 6.45) is 3.65. The van der Waals surface area contributed by atoms with Gasteiger partial charge in [-0.3, -0.25) is 0 Å². The van der Waals surface area contributed by atoms with Crippen LogP contribution in [-0.2, 0) is 9.53 Å². The number of esters is 1. The van der Waals surface area contributed by atoms with E-state index in [0.29, 0.717) is 5.57 Å². The summed E-state index contributed by atoms with van der Waals surface area (Å²) in [4.78, 5) is 11.5. The minimum Gasteiger partial charge on any atom is -0.451 e. The summed E-state index contributed by atoms with van der Waals surface area (Å²) < 4.78 is 5.17.